The van der Waals surface area contributed by atoms with Gasteiger partial charge in [0, 0.05) is 35.3 Å². The summed E-state index contributed by atoms with van der Waals surface area (Å²) in [7, 11) is 0. The summed E-state index contributed by atoms with van der Waals surface area (Å²) in [6.07, 6.45) is 1.54. The highest BCUT2D eigenvalue weighted by Gasteiger charge is 2.38. The molecule has 1 atom stereocenters. The van der Waals surface area contributed by atoms with E-state index in [-0.39, 0.29) is 18.3 Å². The van der Waals surface area contributed by atoms with E-state index >= 15 is 0 Å². The average Bonchev–Trinajstić information content (AvgIpc) is 3.44. The van der Waals surface area contributed by atoms with Crippen LogP contribution in [0.5, 0.6) is 5.75 Å². The molecule has 0 fully saturated rings. The number of rotatable bonds is 3. The molecule has 1 aliphatic rings. The Kier molecular flexibility index (Phi) is 6.38. The molecule has 0 saturated heterocycles. The van der Waals surface area contributed by atoms with Gasteiger partial charge in [-0.3, -0.25) is 9.55 Å². The highest BCUT2D eigenvalue weighted by atomic mass is 19.4. The second-order valence-electron chi connectivity index (χ2n) is 8.54. The molecule has 0 spiro atoms. The minimum absolute atomic E-state index is 0.228. The van der Waals surface area contributed by atoms with E-state index in [4.69, 9.17) is 19.2 Å². The van der Waals surface area contributed by atoms with Crippen LogP contribution in [0.3, 0.4) is 0 Å². The van der Waals surface area contributed by atoms with Gasteiger partial charge < -0.3 is 19.4 Å². The molecule has 0 amide bonds. The van der Waals surface area contributed by atoms with Crippen molar-refractivity contribution in [3.05, 3.63) is 76.8 Å². The maximum absolute atomic E-state index is 13.2. The molecule has 0 radical (unpaired) electrons. The van der Waals surface area contributed by atoms with Gasteiger partial charge in [-0.2, -0.15) is 13.2 Å². The van der Waals surface area contributed by atoms with Crippen LogP contribution in [0.2, 0.25) is 0 Å². The van der Waals surface area contributed by atoms with Crippen LogP contribution < -0.4 is 10.4 Å². The van der Waals surface area contributed by atoms with Crippen LogP contribution in [-0.4, -0.2) is 53.5 Å². The van der Waals surface area contributed by atoms with E-state index < -0.39 is 12.1 Å². The number of nitrogens with one attached hydrogen (secondary N) is 1. The predicted octanol–water partition coefficient (Wildman–Crippen LogP) is 4.07. The van der Waals surface area contributed by atoms with E-state index in [0.717, 1.165) is 33.6 Å². The number of carboxylic acid groups (broad SMARTS) is 1. The molecule has 200 valence electrons. The van der Waals surface area contributed by atoms with E-state index in [1.165, 1.54) is 6.33 Å². The number of imidazole rings is 1. The van der Waals surface area contributed by atoms with Crippen molar-refractivity contribution in [1.29, 1.82) is 0 Å². The van der Waals surface area contributed by atoms with Crippen LogP contribution in [0.15, 0.2) is 58.5 Å². The number of carboxylic acids is 1. The molecule has 6 rings (SSSR count). The first-order valence-electron chi connectivity index (χ1n) is 11.4. The number of ether oxygens (including phenoxy) is 1. The Morgan fingerprint density at radius 3 is 2.49 bits per heavy atom. The molecule has 5 heterocycles. The summed E-state index contributed by atoms with van der Waals surface area (Å²) in [5, 5.41) is 11.2. The maximum atomic E-state index is 13.2. The molecular weight excluding hydrogens is 521 g/mol. The number of H-pyrrole nitrogens is 1. The number of nitrogens with zero attached hydrogens (tertiary/aromatic N) is 5. The van der Waals surface area contributed by atoms with Crippen LogP contribution in [0.25, 0.3) is 33.3 Å². The molecule has 0 unspecified atom stereocenters. The first-order chi connectivity index (χ1) is 18.6. The van der Waals surface area contributed by atoms with Gasteiger partial charge in [-0.05, 0) is 32.0 Å². The van der Waals surface area contributed by atoms with Crippen molar-refractivity contribution in [2.45, 2.75) is 26.1 Å². The maximum Gasteiger partial charge on any atom is 0.490 e. The second-order valence-corrected chi connectivity index (χ2v) is 8.54. The fourth-order valence-electron chi connectivity index (χ4n) is 4.47. The number of alkyl halides is 3. The van der Waals surface area contributed by atoms with Crippen molar-refractivity contribution in [1.82, 2.24) is 29.7 Å². The summed E-state index contributed by atoms with van der Waals surface area (Å²) in [5.74, 6) is -1.47. The standard InChI is InChI=1S/C23H18N6O3.C2HF3O2/c1-12-19(13(2)32-28-12)16-7-15(14-8-24-11-25-9-14)20-21-22(16)31-10-18(29(21)23(30)27-20)17-5-3-4-6-26-17;3-2(4,5)1(6)7/h3-9,11,18H,10H2,1-2H3,(H,27,30);(H,6,7)/t18-;/m1./s1. The van der Waals surface area contributed by atoms with Crippen LogP contribution in [0.1, 0.15) is 23.2 Å². The molecule has 0 bridgehead atoms. The van der Waals surface area contributed by atoms with E-state index in [1.807, 2.05) is 38.1 Å². The molecule has 0 aliphatic carbocycles. The third-order valence-corrected chi connectivity index (χ3v) is 6.09. The fraction of sp³-hybridized carbons (Fsp3) is 0.200. The highest BCUT2D eigenvalue weighted by Crippen LogP contribution is 2.46. The Labute approximate surface area is 216 Å². The van der Waals surface area contributed by atoms with Gasteiger partial charge in [0.2, 0.25) is 0 Å². The van der Waals surface area contributed by atoms with E-state index in [2.05, 4.69) is 25.1 Å². The molecule has 2 N–H and O–H groups in total. The van der Waals surface area contributed by atoms with Gasteiger partial charge in [-0.15, -0.1) is 0 Å². The largest absolute Gasteiger partial charge is 0.490 e. The fourth-order valence-corrected chi connectivity index (χ4v) is 4.47. The molecule has 39 heavy (non-hydrogen) atoms. The van der Waals surface area contributed by atoms with Gasteiger partial charge in [-0.1, -0.05) is 11.2 Å². The van der Waals surface area contributed by atoms with Crippen molar-refractivity contribution in [2.75, 3.05) is 6.61 Å². The summed E-state index contributed by atoms with van der Waals surface area (Å²) in [6, 6.07) is 7.27. The minimum atomic E-state index is -5.08. The number of hydrogen-bond acceptors (Lipinski definition) is 8. The number of aromatic amines is 1. The van der Waals surface area contributed by atoms with Crippen molar-refractivity contribution in [3.63, 3.8) is 0 Å². The molecule has 1 aromatic carbocycles. The first-order valence-corrected chi connectivity index (χ1v) is 11.4. The third-order valence-electron chi connectivity index (χ3n) is 6.09. The quantitative estimate of drug-likeness (QED) is 0.345. The Balaban J connectivity index is 0.000000392. The lowest BCUT2D eigenvalue weighted by Gasteiger charge is -2.27. The average molecular weight is 540 g/mol. The molecule has 11 nitrogen and oxygen atoms in total. The van der Waals surface area contributed by atoms with Gasteiger partial charge in [0.1, 0.15) is 30.3 Å². The highest BCUT2D eigenvalue weighted by molar-refractivity contribution is 6.02. The lowest BCUT2D eigenvalue weighted by molar-refractivity contribution is -0.192. The zero-order valence-electron chi connectivity index (χ0n) is 20.4. The molecule has 4 aromatic heterocycles. The van der Waals surface area contributed by atoms with Crippen LogP contribution in [-0.2, 0) is 4.79 Å². The first kappa shape index (κ1) is 25.6. The SMILES string of the molecule is Cc1noc(C)c1-c1cc(-c2cncnc2)c2[nH]c(=O)n3c2c1OC[C@@H]3c1ccccn1.O=C(O)C(F)(F)F. The molecule has 5 aromatic rings. The van der Waals surface area contributed by atoms with Gasteiger partial charge in [0.15, 0.2) is 5.75 Å². The van der Waals surface area contributed by atoms with Gasteiger partial charge in [0.05, 0.1) is 22.5 Å². The monoisotopic (exact) mass is 540 g/mol. The smallest absolute Gasteiger partial charge is 0.488 e. The summed E-state index contributed by atoms with van der Waals surface area (Å²) in [5.41, 5.74) is 5.83. The Bertz CT molecular complexity index is 1710. The minimum Gasteiger partial charge on any atom is -0.488 e. The third kappa shape index (κ3) is 4.60. The van der Waals surface area contributed by atoms with Crippen molar-refractivity contribution in [3.8, 4) is 28.0 Å². The van der Waals surface area contributed by atoms with Crippen molar-refractivity contribution >= 4 is 17.0 Å². The number of aromatic nitrogens is 6. The van der Waals surface area contributed by atoms with E-state index in [9.17, 15) is 18.0 Å². The number of hydrogen-bond donors (Lipinski definition) is 2. The number of pyridine rings is 1. The number of aryl methyl sites for hydroxylation is 2. The number of benzene rings is 1. The Morgan fingerprint density at radius 2 is 1.90 bits per heavy atom. The molecular formula is C25H19F3N6O5. The van der Waals surface area contributed by atoms with Gasteiger partial charge in [-0.25, -0.2) is 19.6 Å². The normalized spacial score (nSPS) is 14.4. The zero-order chi connectivity index (χ0) is 27.9. The lowest BCUT2D eigenvalue weighted by atomic mass is 9.95. The van der Waals surface area contributed by atoms with Crippen molar-refractivity contribution < 1.29 is 32.3 Å². The number of aliphatic carboxylic acids is 1. The Morgan fingerprint density at radius 1 is 1.18 bits per heavy atom. The molecule has 1 aliphatic heterocycles. The number of halogens is 3. The van der Waals surface area contributed by atoms with Gasteiger partial charge in [0.25, 0.3) is 0 Å². The summed E-state index contributed by atoms with van der Waals surface area (Å²) in [6.45, 7) is 4.03. The number of carbonyl (C=O) groups is 1. The topological polar surface area (TPSA) is 149 Å². The zero-order valence-corrected chi connectivity index (χ0v) is 20.4. The van der Waals surface area contributed by atoms with E-state index in [1.54, 1.807) is 23.2 Å². The van der Waals surface area contributed by atoms with Crippen molar-refractivity contribution in [2.24, 2.45) is 0 Å². The Hall–Kier alpha value is -5.01. The second kappa shape index (κ2) is 9.70. The lowest BCUT2D eigenvalue weighted by Crippen LogP contribution is -2.31. The predicted molar refractivity (Wildman–Crippen MR) is 130 cm³/mol. The summed E-state index contributed by atoms with van der Waals surface area (Å²) in [4.78, 5) is 37.9. The van der Waals surface area contributed by atoms with Crippen LogP contribution in [0.4, 0.5) is 13.2 Å². The van der Waals surface area contributed by atoms with Crippen LogP contribution in [0, 0.1) is 13.8 Å². The molecule has 0 saturated carbocycles. The summed E-state index contributed by atoms with van der Waals surface area (Å²) < 4.78 is 45.2. The van der Waals surface area contributed by atoms with Crippen LogP contribution >= 0.6 is 0 Å². The van der Waals surface area contributed by atoms with E-state index in [0.29, 0.717) is 22.5 Å². The molecule has 14 heteroatoms. The van der Waals surface area contributed by atoms with Gasteiger partial charge >= 0.3 is 17.8 Å². The summed E-state index contributed by atoms with van der Waals surface area (Å²) >= 11 is 0.